The molecule has 1 aromatic carbocycles. The van der Waals surface area contributed by atoms with Gasteiger partial charge in [0, 0.05) is 24.9 Å². The average molecular weight is 327 g/mol. The third kappa shape index (κ3) is 3.22. The second kappa shape index (κ2) is 6.77. The Hall–Kier alpha value is -2.14. The number of hydrogen-bond acceptors (Lipinski definition) is 3. The van der Waals surface area contributed by atoms with E-state index in [0.29, 0.717) is 6.54 Å². The zero-order chi connectivity index (χ0) is 17.3. The van der Waals surface area contributed by atoms with E-state index in [9.17, 15) is 9.59 Å². The van der Waals surface area contributed by atoms with Crippen LogP contribution in [0.5, 0.6) is 0 Å². The van der Waals surface area contributed by atoms with Crippen LogP contribution >= 0.6 is 0 Å². The van der Waals surface area contributed by atoms with Crippen molar-refractivity contribution >= 4 is 17.5 Å². The number of likely N-dealkylation sites (N-methyl/N-ethyl adjacent to an activating group) is 1. The van der Waals surface area contributed by atoms with Crippen molar-refractivity contribution in [2.45, 2.75) is 31.8 Å². The second-order valence-corrected chi connectivity index (χ2v) is 6.94. The third-order valence-corrected chi connectivity index (χ3v) is 4.75. The minimum absolute atomic E-state index is 0.0402. The van der Waals surface area contributed by atoms with Gasteiger partial charge < -0.3 is 14.7 Å². The maximum absolute atomic E-state index is 12.9. The van der Waals surface area contributed by atoms with Crippen molar-refractivity contribution in [3.8, 4) is 0 Å². The van der Waals surface area contributed by atoms with Gasteiger partial charge in [0.15, 0.2) is 0 Å². The van der Waals surface area contributed by atoms with Crippen LogP contribution < -0.4 is 4.90 Å². The fourth-order valence-electron chi connectivity index (χ4n) is 3.60. The minimum atomic E-state index is -0.319. The molecule has 2 amide bonds. The Morgan fingerprint density at radius 1 is 1.33 bits per heavy atom. The molecule has 3 rings (SSSR count). The number of hydrogen-bond donors (Lipinski definition) is 0. The molecule has 2 bridgehead atoms. The highest BCUT2D eigenvalue weighted by molar-refractivity contribution is 6.02. The lowest BCUT2D eigenvalue weighted by Crippen LogP contribution is -2.59. The molecule has 2 unspecified atom stereocenters. The molecule has 0 N–H and O–H groups in total. The normalized spacial score (nSPS) is 23.6. The zero-order valence-electron chi connectivity index (χ0n) is 14.6. The van der Waals surface area contributed by atoms with Gasteiger partial charge in [-0.05, 0) is 51.6 Å². The zero-order valence-corrected chi connectivity index (χ0v) is 14.6. The highest BCUT2D eigenvalue weighted by Crippen LogP contribution is 2.34. The van der Waals surface area contributed by atoms with Crippen LogP contribution in [-0.2, 0) is 9.59 Å². The number of carbonyl (C=O) groups excluding carboxylic acids is 2. The molecule has 2 aliphatic heterocycles. The summed E-state index contributed by atoms with van der Waals surface area (Å²) in [5.41, 5.74) is 2.07. The van der Waals surface area contributed by atoms with Gasteiger partial charge in [0.25, 0.3) is 0 Å². The Bertz CT molecular complexity index is 668. The molecule has 2 atom stereocenters. The molecule has 0 saturated carbocycles. The first kappa shape index (κ1) is 16.7. The third-order valence-electron chi connectivity index (χ3n) is 4.75. The predicted molar refractivity (Wildman–Crippen MR) is 94.9 cm³/mol. The van der Waals surface area contributed by atoms with Crippen molar-refractivity contribution in [3.63, 3.8) is 0 Å². The Kier molecular flexibility index (Phi) is 4.71. The average Bonchev–Trinajstić information content (AvgIpc) is 2.87. The largest absolute Gasteiger partial charge is 0.322 e. The Morgan fingerprint density at radius 3 is 2.83 bits per heavy atom. The molecule has 2 saturated heterocycles. The van der Waals surface area contributed by atoms with Crippen molar-refractivity contribution in [1.29, 1.82) is 0 Å². The molecule has 0 aliphatic carbocycles. The number of nitrogens with zero attached hydrogens (tertiary/aromatic N) is 3. The summed E-state index contributed by atoms with van der Waals surface area (Å²) < 4.78 is 0. The van der Waals surface area contributed by atoms with Crippen molar-refractivity contribution in [2.24, 2.45) is 0 Å². The maximum atomic E-state index is 12.9. The molecular weight excluding hydrogens is 302 g/mol. The van der Waals surface area contributed by atoms with Crippen LogP contribution in [0.3, 0.4) is 0 Å². The molecule has 1 aromatic rings. The van der Waals surface area contributed by atoms with E-state index < -0.39 is 0 Å². The van der Waals surface area contributed by atoms with E-state index in [1.807, 2.05) is 61.2 Å². The fraction of sp³-hybridized carbons (Fsp3) is 0.474. The van der Waals surface area contributed by atoms with E-state index in [0.717, 1.165) is 30.6 Å². The van der Waals surface area contributed by atoms with Gasteiger partial charge in [-0.3, -0.25) is 9.59 Å². The highest BCUT2D eigenvalue weighted by Gasteiger charge is 2.47. The van der Waals surface area contributed by atoms with E-state index in [4.69, 9.17) is 0 Å². The van der Waals surface area contributed by atoms with Crippen molar-refractivity contribution in [2.75, 3.05) is 32.1 Å². The van der Waals surface area contributed by atoms with Gasteiger partial charge in [0.1, 0.15) is 6.04 Å². The van der Waals surface area contributed by atoms with Crippen molar-refractivity contribution in [3.05, 3.63) is 42.0 Å². The van der Waals surface area contributed by atoms with Crippen LogP contribution in [0.15, 0.2) is 36.4 Å². The molecule has 0 spiro atoms. The van der Waals surface area contributed by atoms with Gasteiger partial charge in [-0.25, -0.2) is 0 Å². The summed E-state index contributed by atoms with van der Waals surface area (Å²) in [5.74, 6) is 0.00491. The molecule has 5 nitrogen and oxygen atoms in total. The van der Waals surface area contributed by atoms with Gasteiger partial charge in [0.05, 0.1) is 6.04 Å². The molecule has 2 aliphatic rings. The number of anilines is 1. The summed E-state index contributed by atoms with van der Waals surface area (Å²) in [4.78, 5) is 31.1. The maximum Gasteiger partial charge on any atom is 0.249 e. The highest BCUT2D eigenvalue weighted by atomic mass is 16.2. The molecular formula is C19H25N3O2. The van der Waals surface area contributed by atoms with Crippen LogP contribution in [-0.4, -0.2) is 60.9 Å². The fourth-order valence-corrected chi connectivity index (χ4v) is 3.60. The first-order valence-electron chi connectivity index (χ1n) is 8.49. The van der Waals surface area contributed by atoms with Crippen molar-refractivity contribution < 1.29 is 9.59 Å². The quantitative estimate of drug-likeness (QED) is 0.793. The van der Waals surface area contributed by atoms with Gasteiger partial charge in [-0.1, -0.05) is 18.2 Å². The molecule has 0 aromatic heterocycles. The van der Waals surface area contributed by atoms with Gasteiger partial charge in [0.2, 0.25) is 11.8 Å². The smallest absolute Gasteiger partial charge is 0.249 e. The van der Waals surface area contributed by atoms with E-state index in [1.54, 1.807) is 11.0 Å². The second-order valence-electron chi connectivity index (χ2n) is 6.94. The number of benzene rings is 1. The monoisotopic (exact) mass is 327 g/mol. The number of fused-ring (bicyclic) bond motifs is 2. The summed E-state index contributed by atoms with van der Waals surface area (Å²) in [6.07, 6.45) is 5.13. The summed E-state index contributed by atoms with van der Waals surface area (Å²) in [6, 6.07) is 7.80. The van der Waals surface area contributed by atoms with Gasteiger partial charge in [-0.2, -0.15) is 0 Å². The summed E-state index contributed by atoms with van der Waals surface area (Å²) in [6.45, 7) is 3.34. The molecule has 5 heteroatoms. The topological polar surface area (TPSA) is 43.9 Å². The number of piperazine rings is 1. The van der Waals surface area contributed by atoms with Crippen LogP contribution in [0.25, 0.3) is 0 Å². The Labute approximate surface area is 143 Å². The summed E-state index contributed by atoms with van der Waals surface area (Å²) in [5, 5.41) is 0. The Morgan fingerprint density at radius 2 is 2.12 bits per heavy atom. The standard InChI is InChI=1S/C19H25N3O2/c1-14-6-4-7-15(12-14)21-13-16-9-10-17(19(21)24)22(16)18(23)8-5-11-20(2)3/h4-8,12,16-17H,9-11,13H2,1-3H3/b8-5+. The van der Waals surface area contributed by atoms with Crippen molar-refractivity contribution in [1.82, 2.24) is 9.80 Å². The molecule has 24 heavy (non-hydrogen) atoms. The molecule has 0 radical (unpaired) electrons. The van der Waals surface area contributed by atoms with Crippen LogP contribution in [0.1, 0.15) is 18.4 Å². The molecule has 2 heterocycles. The minimum Gasteiger partial charge on any atom is -0.322 e. The molecule has 2 fully saturated rings. The number of aryl methyl sites for hydroxylation is 1. The SMILES string of the molecule is Cc1cccc(N2CC3CCC(C2=O)N3C(=O)/C=C/CN(C)C)c1. The van der Waals surface area contributed by atoms with E-state index >= 15 is 0 Å². The van der Waals surface area contributed by atoms with E-state index in [2.05, 4.69) is 0 Å². The molecule has 128 valence electrons. The number of amides is 2. The van der Waals surface area contributed by atoms with Crippen LogP contribution in [0, 0.1) is 6.92 Å². The number of rotatable bonds is 4. The van der Waals surface area contributed by atoms with E-state index in [1.165, 1.54) is 0 Å². The first-order valence-corrected chi connectivity index (χ1v) is 8.49. The summed E-state index contributed by atoms with van der Waals surface area (Å²) >= 11 is 0. The lowest BCUT2D eigenvalue weighted by Gasteiger charge is -2.40. The number of carbonyl (C=O) groups is 2. The van der Waals surface area contributed by atoms with Crippen LogP contribution in [0.2, 0.25) is 0 Å². The van der Waals surface area contributed by atoms with Crippen LogP contribution in [0.4, 0.5) is 5.69 Å². The lowest BCUT2D eigenvalue weighted by molar-refractivity contribution is -0.137. The first-order chi connectivity index (χ1) is 11.5. The Balaban J connectivity index is 1.76. The van der Waals surface area contributed by atoms with E-state index in [-0.39, 0.29) is 23.9 Å². The predicted octanol–water partition coefficient (Wildman–Crippen LogP) is 1.82. The summed E-state index contributed by atoms with van der Waals surface area (Å²) in [7, 11) is 3.92. The van der Waals surface area contributed by atoms with Gasteiger partial charge in [-0.15, -0.1) is 0 Å². The van der Waals surface area contributed by atoms with Gasteiger partial charge >= 0.3 is 0 Å². The lowest BCUT2D eigenvalue weighted by atomic mass is 10.1.